The van der Waals surface area contributed by atoms with Crippen LogP contribution < -0.4 is 5.43 Å². The summed E-state index contributed by atoms with van der Waals surface area (Å²) in [4.78, 5) is 4.48. The molecule has 3 rings (SSSR count). The van der Waals surface area contributed by atoms with Crippen LogP contribution in [-0.2, 0) is 0 Å². The maximum atomic E-state index is 5.92. The Morgan fingerprint density at radius 3 is 2.64 bits per heavy atom. The van der Waals surface area contributed by atoms with Crippen LogP contribution in [0, 0.1) is 0 Å². The van der Waals surface area contributed by atoms with E-state index in [1.54, 1.807) is 6.21 Å². The molecule has 6 heteroatoms. The van der Waals surface area contributed by atoms with Gasteiger partial charge in [-0.25, -0.2) is 4.98 Å². The smallest absolute Gasteiger partial charge is 0.203 e. The normalized spacial score (nSPS) is 11.0. The highest BCUT2D eigenvalue weighted by atomic mass is 35.5. The van der Waals surface area contributed by atoms with Crippen molar-refractivity contribution in [3.63, 3.8) is 0 Å². The molecule has 110 valence electrons. The largest absolute Gasteiger partial charge is 0.253 e. The summed E-state index contributed by atoms with van der Waals surface area (Å²) in [6.07, 6.45) is 1.70. The van der Waals surface area contributed by atoms with E-state index < -0.39 is 0 Å². The number of halogens is 2. The number of hydrogen-bond donors (Lipinski definition) is 1. The van der Waals surface area contributed by atoms with E-state index in [4.69, 9.17) is 23.2 Å². The first-order valence-electron chi connectivity index (χ1n) is 6.47. The van der Waals surface area contributed by atoms with Crippen molar-refractivity contribution in [3.05, 3.63) is 69.5 Å². The lowest BCUT2D eigenvalue weighted by atomic mass is 10.2. The number of anilines is 1. The van der Waals surface area contributed by atoms with Crippen LogP contribution in [0.3, 0.4) is 0 Å². The van der Waals surface area contributed by atoms with Crippen LogP contribution in [0.25, 0.3) is 11.3 Å². The van der Waals surface area contributed by atoms with Gasteiger partial charge in [0, 0.05) is 21.0 Å². The lowest BCUT2D eigenvalue weighted by molar-refractivity contribution is 1.29. The van der Waals surface area contributed by atoms with Gasteiger partial charge in [-0.2, -0.15) is 5.10 Å². The van der Waals surface area contributed by atoms with Crippen molar-refractivity contribution < 1.29 is 0 Å². The molecule has 22 heavy (non-hydrogen) atoms. The second-order valence-corrected chi connectivity index (χ2v) is 6.20. The van der Waals surface area contributed by atoms with Gasteiger partial charge >= 0.3 is 0 Å². The number of rotatable bonds is 4. The summed E-state index contributed by atoms with van der Waals surface area (Å²) >= 11 is 13.3. The van der Waals surface area contributed by atoms with Crippen molar-refractivity contribution >= 4 is 45.9 Å². The molecule has 0 spiro atoms. The van der Waals surface area contributed by atoms with Gasteiger partial charge in [0.25, 0.3) is 0 Å². The molecule has 1 N–H and O–H groups in total. The van der Waals surface area contributed by atoms with Crippen LogP contribution in [0.2, 0.25) is 10.0 Å². The number of thiazole rings is 1. The molecule has 0 amide bonds. The minimum absolute atomic E-state index is 0.684. The molecule has 0 unspecified atom stereocenters. The monoisotopic (exact) mass is 347 g/mol. The molecule has 0 saturated carbocycles. The van der Waals surface area contributed by atoms with Crippen LogP contribution in [0.1, 0.15) is 5.56 Å². The van der Waals surface area contributed by atoms with E-state index in [1.165, 1.54) is 11.3 Å². The van der Waals surface area contributed by atoms with E-state index in [-0.39, 0.29) is 0 Å². The molecule has 0 aliphatic heterocycles. The summed E-state index contributed by atoms with van der Waals surface area (Å²) in [6, 6.07) is 15.1. The molecule has 0 atom stereocenters. The zero-order chi connectivity index (χ0) is 15.4. The van der Waals surface area contributed by atoms with E-state index in [0.29, 0.717) is 10.0 Å². The van der Waals surface area contributed by atoms with Crippen LogP contribution in [0.5, 0.6) is 0 Å². The molecule has 0 aliphatic rings. The summed E-state index contributed by atoms with van der Waals surface area (Å²) in [5.74, 6) is 0. The zero-order valence-electron chi connectivity index (χ0n) is 11.3. The molecule has 3 aromatic rings. The Labute approximate surface area is 142 Å². The van der Waals surface area contributed by atoms with E-state index in [9.17, 15) is 0 Å². The predicted octanol–water partition coefficient (Wildman–Crippen LogP) is 5.56. The van der Waals surface area contributed by atoms with Gasteiger partial charge in [0.05, 0.1) is 11.9 Å². The molecular weight excluding hydrogens is 337 g/mol. The molecule has 0 fully saturated rings. The highest BCUT2D eigenvalue weighted by Crippen LogP contribution is 2.25. The molecule has 2 aromatic carbocycles. The maximum Gasteiger partial charge on any atom is 0.203 e. The van der Waals surface area contributed by atoms with Gasteiger partial charge in [-0.05, 0) is 29.8 Å². The summed E-state index contributed by atoms with van der Waals surface area (Å²) in [7, 11) is 0. The predicted molar refractivity (Wildman–Crippen MR) is 95.2 cm³/mol. The van der Waals surface area contributed by atoms with Gasteiger partial charge in [0.2, 0.25) is 5.13 Å². The molecule has 1 aromatic heterocycles. The fourth-order valence-corrected chi connectivity index (χ4v) is 2.82. The number of benzene rings is 2. The van der Waals surface area contributed by atoms with Gasteiger partial charge in [0.15, 0.2) is 0 Å². The number of nitrogens with one attached hydrogen (secondary N) is 1. The number of nitrogens with zero attached hydrogens (tertiary/aromatic N) is 2. The fourth-order valence-electron chi connectivity index (χ4n) is 1.83. The molecule has 0 aliphatic carbocycles. The van der Waals surface area contributed by atoms with Crippen molar-refractivity contribution in [1.29, 1.82) is 0 Å². The molecular formula is C16H11Cl2N3S. The first-order chi connectivity index (χ1) is 10.7. The summed E-state index contributed by atoms with van der Waals surface area (Å²) in [5, 5.41) is 8.26. The van der Waals surface area contributed by atoms with Crippen molar-refractivity contribution in [2.75, 3.05) is 5.43 Å². The SMILES string of the molecule is Clc1ccc(-c2csc(N/N=C/c3cccc(Cl)c3)n2)cc1. The Morgan fingerprint density at radius 2 is 1.86 bits per heavy atom. The third-order valence-corrected chi connectivity index (χ3v) is 4.10. The first-order valence-corrected chi connectivity index (χ1v) is 8.10. The van der Waals surface area contributed by atoms with Crippen LogP contribution in [0.4, 0.5) is 5.13 Å². The molecule has 3 nitrogen and oxygen atoms in total. The highest BCUT2D eigenvalue weighted by Gasteiger charge is 2.03. The first kappa shape index (κ1) is 15.0. The van der Waals surface area contributed by atoms with E-state index in [1.807, 2.05) is 53.9 Å². The molecule has 0 radical (unpaired) electrons. The van der Waals surface area contributed by atoms with Crippen LogP contribution in [-0.4, -0.2) is 11.2 Å². The van der Waals surface area contributed by atoms with Crippen molar-refractivity contribution in [2.45, 2.75) is 0 Å². The third kappa shape index (κ3) is 3.85. The minimum atomic E-state index is 0.684. The molecule has 1 heterocycles. The lowest BCUT2D eigenvalue weighted by Crippen LogP contribution is -1.90. The maximum absolute atomic E-state index is 5.92. The van der Waals surface area contributed by atoms with Gasteiger partial charge < -0.3 is 0 Å². The van der Waals surface area contributed by atoms with Crippen LogP contribution >= 0.6 is 34.5 Å². The minimum Gasteiger partial charge on any atom is -0.253 e. The Balaban J connectivity index is 1.68. The number of aromatic nitrogens is 1. The summed E-state index contributed by atoms with van der Waals surface area (Å²) < 4.78 is 0. The van der Waals surface area contributed by atoms with E-state index >= 15 is 0 Å². The van der Waals surface area contributed by atoms with Gasteiger partial charge in [0.1, 0.15) is 0 Å². The number of hydrazone groups is 1. The van der Waals surface area contributed by atoms with Crippen molar-refractivity contribution in [2.24, 2.45) is 5.10 Å². The van der Waals surface area contributed by atoms with E-state index in [2.05, 4.69) is 15.5 Å². The average Bonchev–Trinajstić information content (AvgIpc) is 2.97. The lowest BCUT2D eigenvalue weighted by Gasteiger charge is -1.97. The average molecular weight is 348 g/mol. The van der Waals surface area contributed by atoms with Gasteiger partial charge in [-0.3, -0.25) is 5.43 Å². The van der Waals surface area contributed by atoms with Crippen molar-refractivity contribution in [3.8, 4) is 11.3 Å². The number of hydrogen-bond acceptors (Lipinski definition) is 4. The van der Waals surface area contributed by atoms with Gasteiger partial charge in [-0.15, -0.1) is 11.3 Å². The summed E-state index contributed by atoms with van der Waals surface area (Å²) in [5.41, 5.74) is 5.76. The summed E-state index contributed by atoms with van der Waals surface area (Å²) in [6.45, 7) is 0. The molecule has 0 bridgehead atoms. The van der Waals surface area contributed by atoms with Crippen LogP contribution in [0.15, 0.2) is 59.0 Å². The van der Waals surface area contributed by atoms with Crippen molar-refractivity contribution in [1.82, 2.24) is 4.98 Å². The van der Waals surface area contributed by atoms with E-state index in [0.717, 1.165) is 22.0 Å². The molecule has 0 saturated heterocycles. The van der Waals surface area contributed by atoms with Gasteiger partial charge in [-0.1, -0.05) is 47.5 Å². The Kier molecular flexibility index (Phi) is 4.73. The Morgan fingerprint density at radius 1 is 1.05 bits per heavy atom. The standard InChI is InChI=1S/C16H11Cl2N3S/c17-13-6-4-12(5-7-13)15-10-22-16(20-15)21-19-9-11-2-1-3-14(18)8-11/h1-10H,(H,20,21)/b19-9+. The quantitative estimate of drug-likeness (QED) is 0.495. The third-order valence-electron chi connectivity index (χ3n) is 2.87. The Bertz CT molecular complexity index is 797. The topological polar surface area (TPSA) is 37.3 Å². The second-order valence-electron chi connectivity index (χ2n) is 4.47. The second kappa shape index (κ2) is 6.92. The fraction of sp³-hybridized carbons (Fsp3) is 0. The Hall–Kier alpha value is -1.88. The zero-order valence-corrected chi connectivity index (χ0v) is 13.7. The highest BCUT2D eigenvalue weighted by molar-refractivity contribution is 7.14.